The van der Waals surface area contributed by atoms with E-state index in [1.807, 2.05) is 37.0 Å². The van der Waals surface area contributed by atoms with Crippen LogP contribution in [0.1, 0.15) is 36.6 Å². The van der Waals surface area contributed by atoms with Gasteiger partial charge in [-0.05, 0) is 24.0 Å². The van der Waals surface area contributed by atoms with E-state index < -0.39 is 0 Å². The maximum Gasteiger partial charge on any atom is 0.193 e. The molecule has 6 nitrogen and oxygen atoms in total. The lowest BCUT2D eigenvalue weighted by atomic mass is 10.1. The summed E-state index contributed by atoms with van der Waals surface area (Å²) in [5.41, 5.74) is 3.57. The Labute approximate surface area is 156 Å². The van der Waals surface area contributed by atoms with Crippen molar-refractivity contribution in [2.24, 2.45) is 12.0 Å². The highest BCUT2D eigenvalue weighted by Crippen LogP contribution is 2.19. The average Bonchev–Trinajstić information content (AvgIpc) is 2.99. The van der Waals surface area contributed by atoms with Gasteiger partial charge in [-0.1, -0.05) is 32.0 Å². The minimum absolute atomic E-state index is 0.403. The highest BCUT2D eigenvalue weighted by molar-refractivity contribution is 5.79. The van der Waals surface area contributed by atoms with Crippen LogP contribution in [0.15, 0.2) is 35.5 Å². The number of rotatable bonds is 7. The van der Waals surface area contributed by atoms with Crippen LogP contribution in [-0.2, 0) is 20.0 Å². The number of nitrogens with zero attached hydrogens (tertiary/aromatic N) is 4. The molecule has 0 unspecified atom stereocenters. The van der Waals surface area contributed by atoms with Gasteiger partial charge in [0.1, 0.15) is 5.75 Å². The number of hydrogen-bond donors (Lipinski definition) is 1. The monoisotopic (exact) mass is 357 g/mol. The summed E-state index contributed by atoms with van der Waals surface area (Å²) >= 11 is 0. The number of aromatic nitrogens is 2. The summed E-state index contributed by atoms with van der Waals surface area (Å²) in [6.45, 7) is 5.91. The second-order valence-electron chi connectivity index (χ2n) is 6.76. The molecular formula is C20H31N5O. The molecule has 0 amide bonds. The zero-order chi connectivity index (χ0) is 19.1. The van der Waals surface area contributed by atoms with Crippen molar-refractivity contribution in [2.45, 2.75) is 32.7 Å². The summed E-state index contributed by atoms with van der Waals surface area (Å²) in [4.78, 5) is 6.54. The second kappa shape index (κ2) is 9.27. The number of benzene rings is 1. The molecule has 1 aromatic heterocycles. The van der Waals surface area contributed by atoms with Gasteiger partial charge in [-0.2, -0.15) is 5.10 Å². The van der Waals surface area contributed by atoms with Crippen molar-refractivity contribution in [3.05, 3.63) is 47.3 Å². The van der Waals surface area contributed by atoms with Gasteiger partial charge in [-0.3, -0.25) is 9.67 Å². The quantitative estimate of drug-likeness (QED) is 0.611. The van der Waals surface area contributed by atoms with Crippen molar-refractivity contribution in [3.8, 4) is 5.75 Å². The second-order valence-corrected chi connectivity index (χ2v) is 6.76. The fourth-order valence-electron chi connectivity index (χ4n) is 3.10. The van der Waals surface area contributed by atoms with Gasteiger partial charge in [0.25, 0.3) is 0 Å². The Morgan fingerprint density at radius 2 is 2.04 bits per heavy atom. The fourth-order valence-corrected chi connectivity index (χ4v) is 3.10. The average molecular weight is 358 g/mol. The molecule has 0 saturated heterocycles. The van der Waals surface area contributed by atoms with Crippen molar-refractivity contribution in [1.29, 1.82) is 0 Å². The predicted octanol–water partition coefficient (Wildman–Crippen LogP) is 2.80. The minimum Gasteiger partial charge on any atom is -0.496 e. The molecule has 142 valence electrons. The number of aryl methyl sites for hydroxylation is 1. The lowest BCUT2D eigenvalue weighted by Gasteiger charge is -2.22. The first-order chi connectivity index (χ1) is 12.5. The third-order valence-electron chi connectivity index (χ3n) is 4.33. The SMILES string of the molecule is CN=C(NCCc1ccccc1OC)N(C)Cc1cn(C)nc1C(C)C. The number of methoxy groups -OCH3 is 1. The Morgan fingerprint density at radius 1 is 1.31 bits per heavy atom. The smallest absolute Gasteiger partial charge is 0.193 e. The molecule has 1 heterocycles. The van der Waals surface area contributed by atoms with Crippen molar-refractivity contribution in [1.82, 2.24) is 20.0 Å². The molecule has 0 spiro atoms. The largest absolute Gasteiger partial charge is 0.496 e. The van der Waals surface area contributed by atoms with E-state index in [4.69, 9.17) is 4.74 Å². The summed E-state index contributed by atoms with van der Waals surface area (Å²) in [5.74, 6) is 2.20. The van der Waals surface area contributed by atoms with Crippen LogP contribution in [0.3, 0.4) is 0 Å². The normalized spacial score (nSPS) is 11.7. The van der Waals surface area contributed by atoms with E-state index in [1.54, 1.807) is 7.11 Å². The zero-order valence-electron chi connectivity index (χ0n) is 16.8. The third kappa shape index (κ3) is 5.00. The van der Waals surface area contributed by atoms with Gasteiger partial charge in [0.05, 0.1) is 12.8 Å². The Kier molecular flexibility index (Phi) is 7.06. The molecule has 0 aliphatic heterocycles. The number of guanidine groups is 1. The first kappa shape index (κ1) is 19.8. The van der Waals surface area contributed by atoms with Crippen LogP contribution in [0.4, 0.5) is 0 Å². The van der Waals surface area contributed by atoms with E-state index in [0.717, 1.165) is 36.9 Å². The van der Waals surface area contributed by atoms with Crippen LogP contribution in [0.25, 0.3) is 0 Å². The maximum atomic E-state index is 5.42. The summed E-state index contributed by atoms with van der Waals surface area (Å²) in [6.07, 6.45) is 2.97. The molecule has 2 aromatic rings. The Hall–Kier alpha value is -2.50. The Bertz CT molecular complexity index is 736. The number of aliphatic imine (C=N–C) groups is 1. The van der Waals surface area contributed by atoms with Crippen molar-refractivity contribution >= 4 is 5.96 Å². The van der Waals surface area contributed by atoms with Crippen molar-refractivity contribution in [3.63, 3.8) is 0 Å². The molecule has 0 radical (unpaired) electrons. The number of ether oxygens (including phenoxy) is 1. The van der Waals surface area contributed by atoms with Crippen molar-refractivity contribution < 1.29 is 4.74 Å². The lowest BCUT2D eigenvalue weighted by Crippen LogP contribution is -2.39. The molecule has 1 aromatic carbocycles. The van der Waals surface area contributed by atoms with E-state index in [-0.39, 0.29) is 0 Å². The number of hydrogen-bond acceptors (Lipinski definition) is 3. The van der Waals surface area contributed by atoms with E-state index in [0.29, 0.717) is 5.92 Å². The molecule has 0 saturated carbocycles. The predicted molar refractivity (Wildman–Crippen MR) is 107 cm³/mol. The lowest BCUT2D eigenvalue weighted by molar-refractivity contribution is 0.409. The van der Waals surface area contributed by atoms with Crippen LogP contribution < -0.4 is 10.1 Å². The highest BCUT2D eigenvalue weighted by Gasteiger charge is 2.15. The van der Waals surface area contributed by atoms with Gasteiger partial charge in [0.15, 0.2) is 5.96 Å². The first-order valence-electron chi connectivity index (χ1n) is 9.02. The van der Waals surface area contributed by atoms with E-state index in [1.165, 1.54) is 11.1 Å². The minimum atomic E-state index is 0.403. The summed E-state index contributed by atoms with van der Waals surface area (Å²) in [5, 5.41) is 8.02. The number of nitrogens with one attached hydrogen (secondary N) is 1. The van der Waals surface area contributed by atoms with Crippen LogP contribution in [0.5, 0.6) is 5.75 Å². The molecule has 0 fully saturated rings. The summed E-state index contributed by atoms with van der Waals surface area (Å²) < 4.78 is 7.30. The topological polar surface area (TPSA) is 54.7 Å². The third-order valence-corrected chi connectivity index (χ3v) is 4.33. The van der Waals surface area contributed by atoms with Crippen LogP contribution in [0, 0.1) is 0 Å². The van der Waals surface area contributed by atoms with E-state index >= 15 is 0 Å². The molecule has 1 N–H and O–H groups in total. The van der Waals surface area contributed by atoms with Gasteiger partial charge in [-0.25, -0.2) is 0 Å². The molecule has 0 aliphatic carbocycles. The van der Waals surface area contributed by atoms with Crippen molar-refractivity contribution in [2.75, 3.05) is 27.7 Å². The van der Waals surface area contributed by atoms with Gasteiger partial charge < -0.3 is 15.0 Å². The zero-order valence-corrected chi connectivity index (χ0v) is 16.8. The fraction of sp³-hybridized carbons (Fsp3) is 0.500. The molecule has 6 heteroatoms. The van der Waals surface area contributed by atoms with Gasteiger partial charge in [0.2, 0.25) is 0 Å². The molecule has 0 aliphatic rings. The van der Waals surface area contributed by atoms with Gasteiger partial charge in [-0.15, -0.1) is 0 Å². The van der Waals surface area contributed by atoms with Crippen LogP contribution in [0.2, 0.25) is 0 Å². The Balaban J connectivity index is 1.96. The first-order valence-corrected chi connectivity index (χ1v) is 9.02. The maximum absolute atomic E-state index is 5.42. The molecular weight excluding hydrogens is 326 g/mol. The standard InChI is InChI=1S/C20H31N5O/c1-15(2)19-17(14-25(5)23-19)13-24(4)20(21-3)22-12-11-16-9-7-8-10-18(16)26-6/h7-10,14-15H,11-13H2,1-6H3,(H,21,22). The van der Waals surface area contributed by atoms with Crippen LogP contribution >= 0.6 is 0 Å². The molecule has 2 rings (SSSR count). The molecule has 26 heavy (non-hydrogen) atoms. The van der Waals surface area contributed by atoms with Gasteiger partial charge >= 0.3 is 0 Å². The summed E-state index contributed by atoms with van der Waals surface area (Å²) in [7, 11) is 7.54. The summed E-state index contributed by atoms with van der Waals surface area (Å²) in [6, 6.07) is 8.11. The van der Waals surface area contributed by atoms with E-state index in [2.05, 4.69) is 53.5 Å². The van der Waals surface area contributed by atoms with Gasteiger partial charge in [0, 0.05) is 46.0 Å². The number of para-hydroxylation sites is 1. The van der Waals surface area contributed by atoms with E-state index in [9.17, 15) is 0 Å². The highest BCUT2D eigenvalue weighted by atomic mass is 16.5. The molecule has 0 bridgehead atoms. The Morgan fingerprint density at radius 3 is 2.69 bits per heavy atom. The van der Waals surface area contributed by atoms with Crippen LogP contribution in [-0.4, -0.2) is 48.4 Å². The molecule has 0 atom stereocenters.